The summed E-state index contributed by atoms with van der Waals surface area (Å²) in [6, 6.07) is 8.32. The number of benzene rings is 1. The zero-order valence-corrected chi connectivity index (χ0v) is 24.0. The summed E-state index contributed by atoms with van der Waals surface area (Å²) in [4.78, 5) is 0. The Labute approximate surface area is 224 Å². The molecule has 0 unspecified atom stereocenters. The van der Waals surface area contributed by atoms with Gasteiger partial charge in [-0.1, -0.05) is 117 Å². The van der Waals surface area contributed by atoms with Crippen molar-refractivity contribution in [1.29, 1.82) is 0 Å². The molecule has 0 heterocycles. The van der Waals surface area contributed by atoms with Gasteiger partial charge in [0, 0.05) is 0 Å². The number of unbranched alkanes of at least 4 members (excludes halogenated alkanes) is 4. The highest BCUT2D eigenvalue weighted by Gasteiger charge is 2.21. The summed E-state index contributed by atoms with van der Waals surface area (Å²) >= 11 is 0. The van der Waals surface area contributed by atoms with Gasteiger partial charge in [-0.3, -0.25) is 0 Å². The first-order valence-electron chi connectivity index (χ1n) is 16.1. The molecule has 3 rings (SSSR count). The second-order valence-electron chi connectivity index (χ2n) is 12.2. The lowest BCUT2D eigenvalue weighted by atomic mass is 9.78. The van der Waals surface area contributed by atoms with Crippen LogP contribution in [-0.4, -0.2) is 13.2 Å². The van der Waals surface area contributed by atoms with Crippen molar-refractivity contribution in [2.24, 2.45) is 23.7 Å². The molecule has 0 aliphatic heterocycles. The van der Waals surface area contributed by atoms with Gasteiger partial charge in [-0.15, -0.1) is 0 Å². The molecular weight excluding hydrogens is 440 g/mol. The lowest BCUT2D eigenvalue weighted by Crippen LogP contribution is -2.15. The number of hydrogen-bond donors (Lipinski definition) is 0. The minimum absolute atomic E-state index is 0.845. The first-order valence-corrected chi connectivity index (χ1v) is 16.1. The summed E-state index contributed by atoms with van der Waals surface area (Å²) in [6.45, 7) is 6.31. The predicted octanol–water partition coefficient (Wildman–Crippen LogP) is 10.8. The molecule has 0 radical (unpaired) electrons. The number of rotatable bonds is 18. The molecule has 0 bridgehead atoms. The molecule has 2 aliphatic carbocycles. The highest BCUT2D eigenvalue weighted by atomic mass is 16.5. The Morgan fingerprint density at radius 1 is 0.472 bits per heavy atom. The summed E-state index contributed by atoms with van der Waals surface area (Å²) in [5, 5.41) is 0. The largest absolute Gasteiger partial charge is 0.494 e. The van der Waals surface area contributed by atoms with Gasteiger partial charge in [0.25, 0.3) is 0 Å². The molecule has 206 valence electrons. The predicted molar refractivity (Wildman–Crippen MR) is 155 cm³/mol. The van der Waals surface area contributed by atoms with Gasteiger partial charge >= 0.3 is 0 Å². The van der Waals surface area contributed by atoms with Gasteiger partial charge in [0.15, 0.2) is 0 Å². The molecule has 2 saturated carbocycles. The normalized spacial score (nSPS) is 24.5. The van der Waals surface area contributed by atoms with Crippen molar-refractivity contribution < 1.29 is 9.47 Å². The summed E-state index contributed by atoms with van der Waals surface area (Å²) < 4.78 is 12.1. The molecule has 2 nitrogen and oxygen atoms in total. The molecule has 0 saturated heterocycles. The zero-order valence-electron chi connectivity index (χ0n) is 24.0. The maximum atomic E-state index is 6.03. The highest BCUT2D eigenvalue weighted by Crippen LogP contribution is 2.35. The molecule has 2 heteroatoms. The number of hydrogen-bond acceptors (Lipinski definition) is 2. The SMILES string of the molecule is CCCCCC1CCC(CCCOc2ccc(OCCCC3CCC(CCCCC)CC3)cc2)CC1. The minimum Gasteiger partial charge on any atom is -0.494 e. The van der Waals surface area contributed by atoms with Gasteiger partial charge in [-0.2, -0.15) is 0 Å². The molecule has 0 N–H and O–H groups in total. The summed E-state index contributed by atoms with van der Waals surface area (Å²) in [5.74, 6) is 5.88. The van der Waals surface area contributed by atoms with E-state index in [1.54, 1.807) is 0 Å². The van der Waals surface area contributed by atoms with Gasteiger partial charge in [0.2, 0.25) is 0 Å². The highest BCUT2D eigenvalue weighted by molar-refractivity contribution is 5.31. The van der Waals surface area contributed by atoms with Crippen LogP contribution in [0.4, 0.5) is 0 Å². The molecule has 1 aromatic rings. The molecule has 1 aromatic carbocycles. The fourth-order valence-electron chi connectivity index (χ4n) is 6.74. The van der Waals surface area contributed by atoms with Crippen LogP contribution in [0.25, 0.3) is 0 Å². The Balaban J connectivity index is 1.17. The van der Waals surface area contributed by atoms with Gasteiger partial charge < -0.3 is 9.47 Å². The second kappa shape index (κ2) is 18.1. The summed E-state index contributed by atoms with van der Waals surface area (Å²) in [5.41, 5.74) is 0. The molecule has 2 aliphatic rings. The van der Waals surface area contributed by atoms with Crippen LogP contribution < -0.4 is 9.47 Å². The van der Waals surface area contributed by atoms with Crippen LogP contribution in [0, 0.1) is 23.7 Å². The van der Waals surface area contributed by atoms with E-state index in [2.05, 4.69) is 38.1 Å². The standard InChI is InChI=1S/C34H58O2/c1-3-5-7-11-29-15-19-31(20-16-29)13-9-27-35-33-23-25-34(26-24-33)36-28-10-14-32-21-17-30(18-22-32)12-8-6-4-2/h23-26,29-32H,3-22,27-28H2,1-2H3. The van der Waals surface area contributed by atoms with E-state index in [9.17, 15) is 0 Å². The van der Waals surface area contributed by atoms with Crippen molar-refractivity contribution in [1.82, 2.24) is 0 Å². The molecule has 0 aromatic heterocycles. The lowest BCUT2D eigenvalue weighted by molar-refractivity contribution is 0.226. The third-order valence-electron chi connectivity index (χ3n) is 9.24. The van der Waals surface area contributed by atoms with Crippen LogP contribution in [0.2, 0.25) is 0 Å². The Kier molecular flexibility index (Phi) is 14.8. The molecule has 36 heavy (non-hydrogen) atoms. The topological polar surface area (TPSA) is 18.5 Å². The molecule has 0 spiro atoms. The summed E-state index contributed by atoms with van der Waals surface area (Å²) in [7, 11) is 0. The average molecular weight is 499 g/mol. The fraction of sp³-hybridized carbons (Fsp3) is 0.824. The maximum Gasteiger partial charge on any atom is 0.119 e. The molecular formula is C34H58O2. The third-order valence-corrected chi connectivity index (χ3v) is 9.24. The Morgan fingerprint density at radius 2 is 0.778 bits per heavy atom. The van der Waals surface area contributed by atoms with Crippen molar-refractivity contribution in [3.05, 3.63) is 24.3 Å². The van der Waals surface area contributed by atoms with Crippen molar-refractivity contribution in [2.45, 2.75) is 142 Å². The second-order valence-corrected chi connectivity index (χ2v) is 12.2. The van der Waals surface area contributed by atoms with Crippen molar-refractivity contribution in [2.75, 3.05) is 13.2 Å². The van der Waals surface area contributed by atoms with E-state index in [0.29, 0.717) is 0 Å². The van der Waals surface area contributed by atoms with E-state index in [4.69, 9.17) is 9.47 Å². The minimum atomic E-state index is 0.845. The monoisotopic (exact) mass is 498 g/mol. The van der Waals surface area contributed by atoms with Gasteiger partial charge in [0.1, 0.15) is 11.5 Å². The van der Waals surface area contributed by atoms with Crippen LogP contribution in [0.15, 0.2) is 24.3 Å². The maximum absolute atomic E-state index is 6.03. The van der Waals surface area contributed by atoms with E-state index >= 15 is 0 Å². The quantitative estimate of drug-likeness (QED) is 0.187. The van der Waals surface area contributed by atoms with Crippen LogP contribution in [-0.2, 0) is 0 Å². The average Bonchev–Trinajstić information content (AvgIpc) is 2.92. The number of ether oxygens (including phenoxy) is 2. The molecule has 2 fully saturated rings. The van der Waals surface area contributed by atoms with E-state index in [1.165, 1.54) is 128 Å². The Hall–Kier alpha value is -1.18. The molecule has 0 amide bonds. The van der Waals surface area contributed by atoms with Crippen LogP contribution >= 0.6 is 0 Å². The first-order chi connectivity index (χ1) is 17.8. The Morgan fingerprint density at radius 3 is 1.08 bits per heavy atom. The zero-order chi connectivity index (χ0) is 25.3. The van der Waals surface area contributed by atoms with Gasteiger partial charge in [-0.25, -0.2) is 0 Å². The summed E-state index contributed by atoms with van der Waals surface area (Å²) in [6.07, 6.45) is 28.1. The first kappa shape index (κ1) is 29.4. The Bertz CT molecular complexity index is 581. The van der Waals surface area contributed by atoms with Crippen LogP contribution in [0.1, 0.15) is 142 Å². The van der Waals surface area contributed by atoms with Crippen LogP contribution in [0.3, 0.4) is 0 Å². The van der Waals surface area contributed by atoms with E-state index in [0.717, 1.165) is 48.4 Å². The van der Waals surface area contributed by atoms with E-state index < -0.39 is 0 Å². The molecule has 0 atom stereocenters. The van der Waals surface area contributed by atoms with Crippen LogP contribution in [0.5, 0.6) is 11.5 Å². The smallest absolute Gasteiger partial charge is 0.119 e. The van der Waals surface area contributed by atoms with Crippen molar-refractivity contribution in [3.63, 3.8) is 0 Å². The van der Waals surface area contributed by atoms with E-state index in [-0.39, 0.29) is 0 Å². The van der Waals surface area contributed by atoms with Gasteiger partial charge in [-0.05, 0) is 73.6 Å². The van der Waals surface area contributed by atoms with E-state index in [1.807, 2.05) is 0 Å². The van der Waals surface area contributed by atoms with Gasteiger partial charge in [0.05, 0.1) is 13.2 Å². The van der Waals surface area contributed by atoms with Crippen molar-refractivity contribution >= 4 is 0 Å². The van der Waals surface area contributed by atoms with Crippen molar-refractivity contribution in [3.8, 4) is 11.5 Å². The lowest BCUT2D eigenvalue weighted by Gasteiger charge is -2.28. The third kappa shape index (κ3) is 11.9. The fourth-order valence-corrected chi connectivity index (χ4v) is 6.74.